The lowest BCUT2D eigenvalue weighted by atomic mass is 10.3. The van der Waals surface area contributed by atoms with Crippen LogP contribution >= 0.6 is 11.3 Å². The van der Waals surface area contributed by atoms with Crippen molar-refractivity contribution in [1.82, 2.24) is 9.97 Å². The van der Waals surface area contributed by atoms with E-state index in [1.54, 1.807) is 6.07 Å². The number of anilines is 2. The fourth-order valence-electron chi connectivity index (χ4n) is 1.10. The molecule has 0 radical (unpaired) electrons. The minimum atomic E-state index is 0.517. The van der Waals surface area contributed by atoms with Gasteiger partial charge in [0.05, 0.1) is 0 Å². The van der Waals surface area contributed by atoms with Gasteiger partial charge in [-0.05, 0) is 18.6 Å². The molecule has 0 spiro atoms. The third kappa shape index (κ3) is 0.984. The normalized spacial score (nSPS) is 10.8. The summed E-state index contributed by atoms with van der Waals surface area (Å²) in [6, 6.07) is 1.79. The second-order valence-electron chi connectivity index (χ2n) is 2.57. The maximum atomic E-state index is 5.56. The van der Waals surface area contributed by atoms with Crippen LogP contribution in [0, 0.1) is 6.92 Å². The predicted octanol–water partition coefficient (Wildman–Crippen LogP) is 1.16. The molecule has 0 aromatic carbocycles. The molecule has 0 saturated carbocycles. The quantitative estimate of drug-likeness (QED) is 0.637. The van der Waals surface area contributed by atoms with Gasteiger partial charge in [-0.15, -0.1) is 0 Å². The van der Waals surface area contributed by atoms with Crippen molar-refractivity contribution < 1.29 is 0 Å². The summed E-state index contributed by atoms with van der Waals surface area (Å²) in [4.78, 5) is 9.05. The van der Waals surface area contributed by atoms with Crippen molar-refractivity contribution in [2.75, 3.05) is 11.5 Å². The van der Waals surface area contributed by atoms with E-state index >= 15 is 0 Å². The highest BCUT2D eigenvalue weighted by Gasteiger charge is 2.05. The lowest BCUT2D eigenvalue weighted by Gasteiger charge is -1.94. The zero-order valence-electron chi connectivity index (χ0n) is 6.53. The fourth-order valence-corrected chi connectivity index (χ4v) is 1.89. The summed E-state index contributed by atoms with van der Waals surface area (Å²) in [7, 11) is 0. The molecule has 0 aliphatic heterocycles. The Balaban J connectivity index is 2.88. The van der Waals surface area contributed by atoms with Crippen LogP contribution < -0.4 is 11.5 Å². The van der Waals surface area contributed by atoms with Crippen molar-refractivity contribution in [3.63, 3.8) is 0 Å². The van der Waals surface area contributed by atoms with Gasteiger partial charge in [0.2, 0.25) is 0 Å². The van der Waals surface area contributed by atoms with E-state index < -0.39 is 0 Å². The minimum absolute atomic E-state index is 0.517. The van der Waals surface area contributed by atoms with Crippen LogP contribution in [0.3, 0.4) is 0 Å². The van der Waals surface area contributed by atoms with E-state index in [2.05, 4.69) is 9.97 Å². The van der Waals surface area contributed by atoms with Gasteiger partial charge in [-0.25, -0.2) is 9.97 Å². The molecule has 4 N–H and O–H groups in total. The van der Waals surface area contributed by atoms with Gasteiger partial charge < -0.3 is 11.5 Å². The highest BCUT2D eigenvalue weighted by atomic mass is 32.1. The first-order valence-electron chi connectivity index (χ1n) is 3.46. The molecule has 62 valence electrons. The third-order valence-corrected chi connectivity index (χ3v) is 2.37. The molecule has 2 aromatic rings. The molecule has 12 heavy (non-hydrogen) atoms. The Labute approximate surface area is 73.2 Å². The number of fused-ring (bicyclic) bond motifs is 1. The average Bonchev–Trinajstić information content (AvgIpc) is 2.29. The summed E-state index contributed by atoms with van der Waals surface area (Å²) in [6.07, 6.45) is 0. The molecule has 0 aliphatic carbocycles. The summed E-state index contributed by atoms with van der Waals surface area (Å²) in [5, 5.41) is 0.534. The Morgan fingerprint density at radius 1 is 1.33 bits per heavy atom. The van der Waals surface area contributed by atoms with Crippen molar-refractivity contribution in [3.05, 3.63) is 11.6 Å². The Hall–Kier alpha value is -1.36. The summed E-state index contributed by atoms with van der Waals surface area (Å²) in [5.41, 5.74) is 13.0. The topological polar surface area (TPSA) is 77.8 Å². The maximum Gasteiger partial charge on any atom is 0.182 e. The number of nitrogen functional groups attached to an aromatic ring is 2. The Morgan fingerprint density at radius 3 is 2.83 bits per heavy atom. The number of aromatic nitrogens is 2. The summed E-state index contributed by atoms with van der Waals surface area (Å²) >= 11 is 1.36. The molecule has 5 heteroatoms. The highest BCUT2D eigenvalue weighted by Crippen LogP contribution is 2.25. The van der Waals surface area contributed by atoms with Gasteiger partial charge in [0, 0.05) is 0 Å². The van der Waals surface area contributed by atoms with Crippen LogP contribution in [0.25, 0.3) is 10.3 Å². The summed E-state index contributed by atoms with van der Waals surface area (Å²) in [5.74, 6) is 0.517. The first kappa shape index (κ1) is 7.30. The van der Waals surface area contributed by atoms with E-state index in [1.807, 2.05) is 6.92 Å². The number of nitrogens with zero attached hydrogens (tertiary/aromatic N) is 2. The molecule has 0 aliphatic rings. The molecule has 2 heterocycles. The highest BCUT2D eigenvalue weighted by molar-refractivity contribution is 7.21. The zero-order chi connectivity index (χ0) is 8.72. The third-order valence-electron chi connectivity index (χ3n) is 1.59. The fraction of sp³-hybridized carbons (Fsp3) is 0.143. The van der Waals surface area contributed by atoms with Crippen LogP contribution in [0.2, 0.25) is 0 Å². The molecule has 0 unspecified atom stereocenters. The smallest absolute Gasteiger partial charge is 0.182 e. The molecule has 0 atom stereocenters. The monoisotopic (exact) mass is 180 g/mol. The second kappa shape index (κ2) is 2.31. The molecule has 0 saturated heterocycles. The first-order valence-corrected chi connectivity index (χ1v) is 4.27. The Bertz CT molecular complexity index is 434. The van der Waals surface area contributed by atoms with E-state index in [-0.39, 0.29) is 0 Å². The van der Waals surface area contributed by atoms with E-state index in [1.165, 1.54) is 11.3 Å². The van der Waals surface area contributed by atoms with Gasteiger partial charge >= 0.3 is 0 Å². The van der Waals surface area contributed by atoms with Crippen LogP contribution in [0.1, 0.15) is 5.56 Å². The second-order valence-corrected chi connectivity index (χ2v) is 3.58. The lowest BCUT2D eigenvalue weighted by Crippen LogP contribution is -1.90. The number of thiazole rings is 1. The Kier molecular flexibility index (Phi) is 1.41. The number of hydrogen-bond acceptors (Lipinski definition) is 5. The average molecular weight is 180 g/mol. The summed E-state index contributed by atoms with van der Waals surface area (Å²) < 4.78 is 0. The van der Waals surface area contributed by atoms with Crippen LogP contribution in [-0.2, 0) is 0 Å². The molecular formula is C7H8N4S. The minimum Gasteiger partial charge on any atom is -0.384 e. The molecule has 4 nitrogen and oxygen atoms in total. The van der Waals surface area contributed by atoms with Gasteiger partial charge in [-0.1, -0.05) is 11.3 Å². The van der Waals surface area contributed by atoms with E-state index in [0.29, 0.717) is 10.9 Å². The molecule has 2 rings (SSSR count). The van der Waals surface area contributed by atoms with Gasteiger partial charge in [0.25, 0.3) is 0 Å². The van der Waals surface area contributed by atoms with Crippen LogP contribution in [-0.4, -0.2) is 9.97 Å². The van der Waals surface area contributed by atoms with Crippen LogP contribution in [0.5, 0.6) is 0 Å². The predicted molar refractivity (Wildman–Crippen MR) is 51.0 cm³/mol. The summed E-state index contributed by atoms with van der Waals surface area (Å²) in [6.45, 7) is 1.94. The zero-order valence-corrected chi connectivity index (χ0v) is 7.35. The first-order chi connectivity index (χ1) is 5.66. The molecular weight excluding hydrogens is 172 g/mol. The van der Waals surface area contributed by atoms with Crippen molar-refractivity contribution in [2.24, 2.45) is 0 Å². The Morgan fingerprint density at radius 2 is 2.08 bits per heavy atom. The number of aryl methyl sites for hydroxylation is 1. The number of rotatable bonds is 0. The van der Waals surface area contributed by atoms with E-state index in [4.69, 9.17) is 11.5 Å². The van der Waals surface area contributed by atoms with Crippen LogP contribution in [0.15, 0.2) is 6.07 Å². The standard InChI is InChI=1S/C7H8N4S/c1-3-2-4(8)10-6-5(3)11-7(9)12-6/h2H,1H3,(H2,8,10)(H2,9,11). The molecule has 0 bridgehead atoms. The van der Waals surface area contributed by atoms with Crippen LogP contribution in [0.4, 0.5) is 10.9 Å². The van der Waals surface area contributed by atoms with Gasteiger partial charge in [-0.3, -0.25) is 0 Å². The van der Waals surface area contributed by atoms with Crippen molar-refractivity contribution in [2.45, 2.75) is 6.92 Å². The van der Waals surface area contributed by atoms with Gasteiger partial charge in [0.1, 0.15) is 16.2 Å². The SMILES string of the molecule is Cc1cc(N)nc2sc(N)nc12. The molecule has 0 fully saturated rings. The van der Waals surface area contributed by atoms with Gasteiger partial charge in [-0.2, -0.15) is 0 Å². The van der Waals surface area contributed by atoms with Crippen molar-refractivity contribution >= 4 is 32.6 Å². The largest absolute Gasteiger partial charge is 0.384 e. The lowest BCUT2D eigenvalue weighted by molar-refractivity contribution is 1.36. The molecule has 2 aromatic heterocycles. The van der Waals surface area contributed by atoms with Crippen molar-refractivity contribution in [1.29, 1.82) is 0 Å². The number of hydrogen-bond donors (Lipinski definition) is 2. The van der Waals surface area contributed by atoms with E-state index in [0.717, 1.165) is 15.9 Å². The van der Waals surface area contributed by atoms with E-state index in [9.17, 15) is 0 Å². The van der Waals surface area contributed by atoms with Crippen molar-refractivity contribution in [3.8, 4) is 0 Å². The number of nitrogens with two attached hydrogens (primary N) is 2. The number of pyridine rings is 1. The van der Waals surface area contributed by atoms with Gasteiger partial charge in [0.15, 0.2) is 5.13 Å². The molecule has 0 amide bonds. The maximum absolute atomic E-state index is 5.56.